The molecule has 0 saturated heterocycles. The highest BCUT2D eigenvalue weighted by atomic mass is 35.5. The van der Waals surface area contributed by atoms with Crippen LogP contribution in [0.5, 0.6) is 17.2 Å². The average molecular weight is 438 g/mol. The minimum absolute atomic E-state index is 0.172. The van der Waals surface area contributed by atoms with E-state index in [1.54, 1.807) is 44.4 Å². The Hall–Kier alpha value is -2.71. The molecule has 0 amide bonds. The van der Waals surface area contributed by atoms with E-state index in [-0.39, 0.29) is 12.4 Å². The predicted octanol–water partition coefficient (Wildman–Crippen LogP) is 4.31. The molecule has 0 aliphatic carbocycles. The lowest BCUT2D eigenvalue weighted by molar-refractivity contribution is 0.279. The topological polar surface area (TPSA) is 87.9 Å². The number of hydrogen-bond donors (Lipinski definition) is 0. The zero-order chi connectivity index (χ0) is 21.0. The molecule has 0 radical (unpaired) electrons. The van der Waals surface area contributed by atoms with Crippen LogP contribution < -0.4 is 13.7 Å². The number of alkyl halides is 1. The fraction of sp³-hybridized carbons (Fsp3) is 0.250. The zero-order valence-electron chi connectivity index (χ0n) is 16.1. The van der Waals surface area contributed by atoms with Crippen LogP contribution >= 0.6 is 11.6 Å². The fourth-order valence-corrected chi connectivity index (χ4v) is 3.22. The molecular formula is C20H20ClNO6S. The van der Waals surface area contributed by atoms with Gasteiger partial charge in [-0.1, -0.05) is 12.1 Å². The molecule has 3 rings (SSSR count). The van der Waals surface area contributed by atoms with Crippen molar-refractivity contribution in [2.45, 2.75) is 19.4 Å². The summed E-state index contributed by atoms with van der Waals surface area (Å²) in [7, 11) is -2.06. The van der Waals surface area contributed by atoms with Crippen molar-refractivity contribution in [3.63, 3.8) is 0 Å². The number of aryl methyl sites for hydroxylation is 1. The van der Waals surface area contributed by atoms with Gasteiger partial charge in [0.25, 0.3) is 0 Å². The molecule has 9 heteroatoms. The number of rotatable bonds is 8. The molecule has 154 valence electrons. The molecule has 29 heavy (non-hydrogen) atoms. The third-order valence-corrected chi connectivity index (χ3v) is 4.77. The highest BCUT2D eigenvalue weighted by Gasteiger charge is 2.15. The Labute approximate surface area is 174 Å². The molecule has 1 heterocycles. The monoisotopic (exact) mass is 437 g/mol. The van der Waals surface area contributed by atoms with Crippen molar-refractivity contribution in [3.8, 4) is 28.7 Å². The normalized spacial score (nSPS) is 11.3. The van der Waals surface area contributed by atoms with E-state index in [0.717, 1.165) is 11.8 Å². The maximum atomic E-state index is 11.3. The summed E-state index contributed by atoms with van der Waals surface area (Å²) in [5, 5.41) is 0. The van der Waals surface area contributed by atoms with E-state index in [1.807, 2.05) is 12.1 Å². The van der Waals surface area contributed by atoms with Crippen molar-refractivity contribution in [2.75, 3.05) is 13.4 Å². The zero-order valence-corrected chi connectivity index (χ0v) is 17.7. The van der Waals surface area contributed by atoms with E-state index in [9.17, 15) is 8.42 Å². The van der Waals surface area contributed by atoms with E-state index in [2.05, 4.69) is 4.98 Å². The highest BCUT2D eigenvalue weighted by Crippen LogP contribution is 2.31. The van der Waals surface area contributed by atoms with Crippen LogP contribution in [-0.4, -0.2) is 26.8 Å². The van der Waals surface area contributed by atoms with Gasteiger partial charge in [-0.15, -0.1) is 11.6 Å². The Morgan fingerprint density at radius 1 is 1.14 bits per heavy atom. The molecule has 7 nitrogen and oxygen atoms in total. The van der Waals surface area contributed by atoms with Gasteiger partial charge in [0.05, 0.1) is 13.4 Å². The van der Waals surface area contributed by atoms with Crippen LogP contribution in [0.3, 0.4) is 0 Å². The van der Waals surface area contributed by atoms with Crippen LogP contribution in [0.25, 0.3) is 11.5 Å². The van der Waals surface area contributed by atoms with Crippen molar-refractivity contribution >= 4 is 21.7 Å². The maximum absolute atomic E-state index is 11.3. The van der Waals surface area contributed by atoms with Crippen LogP contribution in [0.15, 0.2) is 46.9 Å². The van der Waals surface area contributed by atoms with E-state index < -0.39 is 10.1 Å². The molecule has 0 saturated carbocycles. The Morgan fingerprint density at radius 3 is 2.62 bits per heavy atom. The first kappa shape index (κ1) is 21.0. The summed E-state index contributed by atoms with van der Waals surface area (Å²) in [6.45, 7) is 1.95. The summed E-state index contributed by atoms with van der Waals surface area (Å²) < 4.78 is 44.5. The largest absolute Gasteiger partial charge is 0.493 e. The summed E-state index contributed by atoms with van der Waals surface area (Å²) >= 11 is 5.85. The quantitative estimate of drug-likeness (QED) is 0.383. The lowest BCUT2D eigenvalue weighted by atomic mass is 10.2. The summed E-state index contributed by atoms with van der Waals surface area (Å²) in [5.74, 6) is 2.63. The first-order valence-electron chi connectivity index (χ1n) is 8.61. The Morgan fingerprint density at radius 2 is 1.93 bits per heavy atom. The van der Waals surface area contributed by atoms with Gasteiger partial charge < -0.3 is 18.1 Å². The van der Waals surface area contributed by atoms with Crippen LogP contribution in [0.2, 0.25) is 0 Å². The van der Waals surface area contributed by atoms with Gasteiger partial charge in [0.15, 0.2) is 11.5 Å². The number of halogens is 1. The van der Waals surface area contributed by atoms with Crippen molar-refractivity contribution in [1.82, 2.24) is 4.98 Å². The smallest absolute Gasteiger partial charge is 0.306 e. The molecule has 3 aromatic rings. The van der Waals surface area contributed by atoms with Gasteiger partial charge >= 0.3 is 10.1 Å². The summed E-state index contributed by atoms with van der Waals surface area (Å²) in [6, 6.07) is 12.0. The lowest BCUT2D eigenvalue weighted by Gasteiger charge is -2.10. The van der Waals surface area contributed by atoms with Crippen molar-refractivity contribution in [2.24, 2.45) is 0 Å². The van der Waals surface area contributed by atoms with E-state index >= 15 is 0 Å². The molecule has 0 bridgehead atoms. The van der Waals surface area contributed by atoms with Crippen LogP contribution in [0.4, 0.5) is 0 Å². The minimum Gasteiger partial charge on any atom is -0.493 e. The second-order valence-corrected chi connectivity index (χ2v) is 8.09. The SMILES string of the molecule is COc1cc(CCl)ccc1OCc1nc(-c2cccc(OS(C)(=O)=O)c2)oc1C. The first-order valence-corrected chi connectivity index (χ1v) is 11.0. The Bertz CT molecular complexity index is 1110. The summed E-state index contributed by atoms with van der Waals surface area (Å²) in [4.78, 5) is 4.46. The Kier molecular flexibility index (Phi) is 6.34. The van der Waals surface area contributed by atoms with Crippen molar-refractivity contribution in [3.05, 3.63) is 59.5 Å². The van der Waals surface area contributed by atoms with Gasteiger partial charge in [0.1, 0.15) is 23.8 Å². The average Bonchev–Trinajstić information content (AvgIpc) is 3.06. The van der Waals surface area contributed by atoms with Gasteiger partial charge in [-0.3, -0.25) is 0 Å². The maximum Gasteiger partial charge on any atom is 0.306 e. The minimum atomic E-state index is -3.62. The second-order valence-electron chi connectivity index (χ2n) is 6.24. The number of nitrogens with zero attached hydrogens (tertiary/aromatic N) is 1. The van der Waals surface area contributed by atoms with Crippen LogP contribution in [0, 0.1) is 6.92 Å². The summed E-state index contributed by atoms with van der Waals surface area (Å²) in [6.07, 6.45) is 0.984. The second kappa shape index (κ2) is 8.75. The van der Waals surface area contributed by atoms with Gasteiger partial charge in [-0.2, -0.15) is 8.42 Å². The first-order chi connectivity index (χ1) is 13.8. The fourth-order valence-electron chi connectivity index (χ4n) is 2.60. The molecular weight excluding hydrogens is 418 g/mol. The number of methoxy groups -OCH3 is 1. The number of aromatic nitrogens is 1. The molecule has 2 aromatic carbocycles. The lowest BCUT2D eigenvalue weighted by Crippen LogP contribution is -2.05. The number of ether oxygens (including phenoxy) is 2. The molecule has 0 aliphatic heterocycles. The highest BCUT2D eigenvalue weighted by molar-refractivity contribution is 7.86. The van der Waals surface area contributed by atoms with E-state index in [0.29, 0.717) is 40.3 Å². The van der Waals surface area contributed by atoms with Gasteiger partial charge in [0.2, 0.25) is 5.89 Å². The third-order valence-electron chi connectivity index (χ3n) is 3.97. The van der Waals surface area contributed by atoms with Gasteiger partial charge in [0, 0.05) is 11.4 Å². The number of oxazole rings is 1. The third kappa shape index (κ3) is 5.42. The number of hydrogen-bond acceptors (Lipinski definition) is 7. The molecule has 0 N–H and O–H groups in total. The Balaban J connectivity index is 1.79. The van der Waals surface area contributed by atoms with Crippen LogP contribution in [-0.2, 0) is 22.6 Å². The molecule has 1 aromatic heterocycles. The van der Waals surface area contributed by atoms with E-state index in [1.165, 1.54) is 0 Å². The predicted molar refractivity (Wildman–Crippen MR) is 109 cm³/mol. The molecule has 0 spiro atoms. The molecule has 0 fully saturated rings. The van der Waals surface area contributed by atoms with Crippen molar-refractivity contribution < 1.29 is 26.5 Å². The van der Waals surface area contributed by atoms with Gasteiger partial charge in [-0.05, 0) is 42.8 Å². The molecule has 0 unspecified atom stereocenters. The molecule has 0 atom stereocenters. The summed E-state index contributed by atoms with van der Waals surface area (Å²) in [5.41, 5.74) is 2.12. The standard InChI is InChI=1S/C20H20ClNO6S/c1-13-17(12-26-18-8-7-14(11-21)9-19(18)25-2)22-20(27-13)15-5-4-6-16(10-15)28-29(3,23)24/h4-10H,11-12H2,1-3H3. The van der Waals surface area contributed by atoms with E-state index in [4.69, 9.17) is 29.7 Å². The van der Waals surface area contributed by atoms with Crippen molar-refractivity contribution in [1.29, 1.82) is 0 Å². The van der Waals surface area contributed by atoms with Crippen LogP contribution in [0.1, 0.15) is 17.0 Å². The number of benzene rings is 2. The molecule has 0 aliphatic rings. The van der Waals surface area contributed by atoms with Gasteiger partial charge in [-0.25, -0.2) is 4.98 Å².